The van der Waals surface area contributed by atoms with E-state index in [0.29, 0.717) is 24.1 Å². The first-order chi connectivity index (χ1) is 11.0. The molecule has 4 atom stereocenters. The van der Waals surface area contributed by atoms with Crippen LogP contribution in [0.5, 0.6) is 5.88 Å². The number of hydrogen-bond donors (Lipinski definition) is 3. The predicted molar refractivity (Wildman–Crippen MR) is 84.1 cm³/mol. The van der Waals surface area contributed by atoms with Gasteiger partial charge in [0.25, 0.3) is 0 Å². The van der Waals surface area contributed by atoms with Gasteiger partial charge in [-0.3, -0.25) is 0 Å². The third-order valence-corrected chi connectivity index (χ3v) is 5.58. The van der Waals surface area contributed by atoms with Crippen molar-refractivity contribution >= 4 is 26.9 Å². The molecule has 1 aromatic heterocycles. The number of nitrogens with one attached hydrogen (secondary N) is 1. The second-order valence-electron chi connectivity index (χ2n) is 5.73. The van der Waals surface area contributed by atoms with Crippen molar-refractivity contribution in [1.29, 1.82) is 0 Å². The van der Waals surface area contributed by atoms with E-state index < -0.39 is 32.4 Å². The van der Waals surface area contributed by atoms with E-state index in [1.807, 2.05) is 0 Å². The van der Waals surface area contributed by atoms with Crippen LogP contribution in [0.1, 0.15) is 0 Å². The molecule has 4 heterocycles. The minimum absolute atomic E-state index is 0.193. The zero-order valence-corrected chi connectivity index (χ0v) is 13.7. The molecule has 12 heteroatoms. The summed E-state index contributed by atoms with van der Waals surface area (Å²) in [6.45, 7) is 0.582. The molecule has 0 amide bonds. The number of fused-ring (bicyclic) bond motifs is 2. The summed E-state index contributed by atoms with van der Waals surface area (Å²) in [6, 6.07) is 0. The van der Waals surface area contributed by atoms with Gasteiger partial charge in [-0.1, -0.05) is 0 Å². The molecular formula is C11H18BN4O6P. The van der Waals surface area contributed by atoms with E-state index in [4.69, 9.17) is 18.5 Å². The van der Waals surface area contributed by atoms with Crippen molar-refractivity contribution in [3.8, 4) is 5.88 Å². The summed E-state index contributed by atoms with van der Waals surface area (Å²) in [5.41, 5.74) is 0.652. The van der Waals surface area contributed by atoms with E-state index in [0.717, 1.165) is 0 Å². The number of ether oxygens (including phenoxy) is 2. The Morgan fingerprint density at radius 1 is 1.52 bits per heavy atom. The first-order valence-electron chi connectivity index (χ1n) is 7.27. The molecule has 23 heavy (non-hydrogen) atoms. The van der Waals surface area contributed by atoms with Crippen LogP contribution in [0.15, 0.2) is 6.33 Å². The molecule has 0 aliphatic carbocycles. The Bertz CT molecular complexity index is 624. The Balaban J connectivity index is 1.60. The van der Waals surface area contributed by atoms with Crippen molar-refractivity contribution in [3.63, 3.8) is 0 Å². The van der Waals surface area contributed by atoms with Crippen LogP contribution in [-0.4, -0.2) is 72.5 Å². The summed E-state index contributed by atoms with van der Waals surface area (Å²) in [4.78, 5) is 20.0. The van der Waals surface area contributed by atoms with Crippen molar-refractivity contribution in [2.24, 2.45) is 0 Å². The van der Waals surface area contributed by atoms with Crippen LogP contribution >= 0.6 is 7.82 Å². The van der Waals surface area contributed by atoms with Crippen LogP contribution in [0.3, 0.4) is 0 Å². The number of aliphatic hydroxyl groups is 1. The van der Waals surface area contributed by atoms with Gasteiger partial charge in [0.1, 0.15) is 0 Å². The number of aromatic nitrogens is 2. The van der Waals surface area contributed by atoms with E-state index >= 15 is 0 Å². The van der Waals surface area contributed by atoms with Gasteiger partial charge in [0, 0.05) is 0 Å². The van der Waals surface area contributed by atoms with Gasteiger partial charge in [-0.15, -0.1) is 0 Å². The molecular weight excluding hydrogens is 326 g/mol. The Kier molecular flexibility index (Phi) is 3.60. The van der Waals surface area contributed by atoms with E-state index in [1.54, 1.807) is 4.90 Å². The SMILES string of the molecule is B[PH]1(O)OCC2OC(N3CNc4c(OC)ncnc43)C(O)[C@@H]2O1. The monoisotopic (exact) mass is 344 g/mol. The van der Waals surface area contributed by atoms with Gasteiger partial charge in [-0.25, -0.2) is 0 Å². The zero-order chi connectivity index (χ0) is 16.2. The topological polar surface area (TPSA) is 118 Å². The second-order valence-corrected chi connectivity index (χ2v) is 8.05. The summed E-state index contributed by atoms with van der Waals surface area (Å²) in [7, 11) is -0.143. The summed E-state index contributed by atoms with van der Waals surface area (Å²) in [5.74, 6) is 1.02. The normalized spacial score (nSPS) is 36.0. The maximum absolute atomic E-state index is 10.6. The molecule has 3 N–H and O–H groups in total. The fourth-order valence-electron chi connectivity index (χ4n) is 3.12. The van der Waals surface area contributed by atoms with E-state index in [9.17, 15) is 10.00 Å². The van der Waals surface area contributed by atoms with Crippen molar-refractivity contribution in [2.75, 3.05) is 30.6 Å². The number of aliphatic hydroxyl groups excluding tert-OH is 1. The molecule has 0 aromatic carbocycles. The van der Waals surface area contributed by atoms with E-state index in [1.165, 1.54) is 21.0 Å². The average molecular weight is 344 g/mol. The van der Waals surface area contributed by atoms with Gasteiger partial charge >= 0.3 is 133 Å². The fraction of sp³-hybridized carbons (Fsp3) is 0.636. The first-order valence-corrected chi connectivity index (χ1v) is 9.54. The summed E-state index contributed by atoms with van der Waals surface area (Å²) >= 11 is 0. The standard InChI is InChI=1S/C11H18BN4O6P/c1-19-10-6-9(13-3-14-10)16(4-15-6)11-7(17)8-5(21-11)2-20-23(12,18)22-8/h3,5,7-8,11,15,17-18,23H,2,4,12H2,1H3/t5?,7?,8-,11?/m1/s1. The molecule has 1 aromatic rings. The third-order valence-electron chi connectivity index (χ3n) is 4.17. The van der Waals surface area contributed by atoms with Crippen LogP contribution in [0.2, 0.25) is 0 Å². The van der Waals surface area contributed by atoms with Crippen LogP contribution in [0, 0.1) is 0 Å². The zero-order valence-electron chi connectivity index (χ0n) is 12.7. The van der Waals surface area contributed by atoms with Crippen molar-refractivity contribution in [3.05, 3.63) is 6.33 Å². The van der Waals surface area contributed by atoms with Crippen LogP contribution < -0.4 is 15.0 Å². The molecule has 3 unspecified atom stereocenters. The van der Waals surface area contributed by atoms with Crippen molar-refractivity contribution in [2.45, 2.75) is 24.5 Å². The predicted octanol–water partition coefficient (Wildman–Crippen LogP) is -1.79. The van der Waals surface area contributed by atoms with Gasteiger partial charge in [-0.2, -0.15) is 0 Å². The van der Waals surface area contributed by atoms with Gasteiger partial charge in [0.15, 0.2) is 0 Å². The summed E-state index contributed by atoms with van der Waals surface area (Å²) < 4.78 is 21.9. The molecule has 126 valence electrons. The van der Waals surface area contributed by atoms with Crippen LogP contribution in [0.4, 0.5) is 11.5 Å². The quantitative estimate of drug-likeness (QED) is 0.419. The second kappa shape index (κ2) is 5.40. The molecule has 2 saturated heterocycles. The molecule has 0 saturated carbocycles. The van der Waals surface area contributed by atoms with Crippen molar-refractivity contribution < 1.29 is 28.5 Å². The molecule has 0 spiro atoms. The minimum atomic E-state index is -3.19. The third kappa shape index (κ3) is 2.44. The van der Waals surface area contributed by atoms with Gasteiger partial charge in [0.2, 0.25) is 0 Å². The maximum atomic E-state index is 10.6. The molecule has 4 rings (SSSR count). The Hall–Kier alpha value is -1.23. The molecule has 2 fully saturated rings. The molecule has 10 nitrogen and oxygen atoms in total. The molecule has 3 aliphatic heterocycles. The number of rotatable bonds is 2. The number of nitrogens with zero attached hydrogens (tertiary/aromatic N) is 3. The van der Waals surface area contributed by atoms with Crippen molar-refractivity contribution in [1.82, 2.24) is 9.97 Å². The Labute approximate surface area is 133 Å². The first kappa shape index (κ1) is 15.3. The van der Waals surface area contributed by atoms with Crippen LogP contribution in [-0.2, 0) is 13.8 Å². The van der Waals surface area contributed by atoms with E-state index in [-0.39, 0.29) is 6.61 Å². The van der Waals surface area contributed by atoms with Crippen LogP contribution in [0.25, 0.3) is 0 Å². The van der Waals surface area contributed by atoms with E-state index in [2.05, 4.69) is 15.3 Å². The molecule has 0 bridgehead atoms. The Morgan fingerprint density at radius 3 is 3.13 bits per heavy atom. The number of anilines is 2. The number of hydrogen-bond acceptors (Lipinski definition) is 10. The van der Waals surface area contributed by atoms with Gasteiger partial charge in [0.05, 0.1) is 0 Å². The fourth-order valence-corrected chi connectivity index (χ4v) is 4.46. The molecule has 3 aliphatic rings. The number of methoxy groups -OCH3 is 1. The summed E-state index contributed by atoms with van der Waals surface area (Å²) in [5, 5.41) is 13.7. The summed E-state index contributed by atoms with van der Waals surface area (Å²) in [6.07, 6.45) is -1.26. The Morgan fingerprint density at radius 2 is 2.35 bits per heavy atom. The van der Waals surface area contributed by atoms with Gasteiger partial charge < -0.3 is 0 Å². The van der Waals surface area contributed by atoms with Gasteiger partial charge in [-0.05, 0) is 0 Å². The molecule has 0 radical (unpaired) electrons. The average Bonchev–Trinajstić information content (AvgIpc) is 3.08.